The van der Waals surface area contributed by atoms with Crippen molar-refractivity contribution < 1.29 is 9.53 Å². The molecule has 1 heterocycles. The Morgan fingerprint density at radius 1 is 0.938 bits per heavy atom. The van der Waals surface area contributed by atoms with E-state index >= 15 is 0 Å². The second-order valence-corrected chi connectivity index (χ2v) is 8.38. The van der Waals surface area contributed by atoms with Gasteiger partial charge in [-0.1, -0.05) is 54.6 Å². The third-order valence-corrected chi connectivity index (χ3v) is 6.06. The lowest BCUT2D eigenvalue weighted by Crippen LogP contribution is -2.34. The van der Waals surface area contributed by atoms with Gasteiger partial charge in [-0.2, -0.15) is 0 Å². The zero-order chi connectivity index (χ0) is 22.2. The number of carbonyl (C=O) groups excluding carboxylic acids is 1. The van der Waals surface area contributed by atoms with Gasteiger partial charge >= 0.3 is 6.03 Å². The highest BCUT2D eigenvalue weighted by Crippen LogP contribution is 2.25. The van der Waals surface area contributed by atoms with Gasteiger partial charge in [0.1, 0.15) is 5.75 Å². The smallest absolute Gasteiger partial charge is 0.323 e. The molecule has 2 N–H and O–H groups in total. The minimum Gasteiger partial charge on any atom is -0.497 e. The van der Waals surface area contributed by atoms with Gasteiger partial charge in [-0.15, -0.1) is 0 Å². The first-order valence-corrected chi connectivity index (χ1v) is 11.3. The van der Waals surface area contributed by atoms with Crippen LogP contribution >= 0.6 is 0 Å². The number of rotatable bonds is 7. The number of nitrogens with zero attached hydrogens (tertiary/aromatic N) is 1. The van der Waals surface area contributed by atoms with E-state index < -0.39 is 0 Å². The summed E-state index contributed by atoms with van der Waals surface area (Å²) in [6.07, 6.45) is 3.58. The lowest BCUT2D eigenvalue weighted by Gasteiger charge is -2.32. The molecular weight excluding hydrogens is 398 g/mol. The van der Waals surface area contributed by atoms with Crippen LogP contribution in [0.1, 0.15) is 24.0 Å². The van der Waals surface area contributed by atoms with Crippen LogP contribution in [0.3, 0.4) is 0 Å². The Balaban J connectivity index is 1.31. The fourth-order valence-corrected chi connectivity index (χ4v) is 4.30. The first-order valence-electron chi connectivity index (χ1n) is 11.3. The van der Waals surface area contributed by atoms with E-state index in [9.17, 15) is 4.79 Å². The van der Waals surface area contributed by atoms with Crippen molar-refractivity contribution in [3.63, 3.8) is 0 Å². The van der Waals surface area contributed by atoms with Crippen LogP contribution in [-0.4, -0.2) is 31.1 Å². The SMILES string of the molecule is COc1cccc(NC(=O)Nc2ccccc2CN2CCC(Cc3ccccc3)CC2)c1. The van der Waals surface area contributed by atoms with E-state index in [0.29, 0.717) is 11.4 Å². The van der Waals surface area contributed by atoms with Crippen molar-refractivity contribution in [1.29, 1.82) is 0 Å². The summed E-state index contributed by atoms with van der Waals surface area (Å²) in [4.78, 5) is 15.1. The lowest BCUT2D eigenvalue weighted by atomic mass is 9.90. The van der Waals surface area contributed by atoms with Gasteiger partial charge in [0.2, 0.25) is 0 Å². The third-order valence-electron chi connectivity index (χ3n) is 6.06. The molecular formula is C27H31N3O2. The van der Waals surface area contributed by atoms with Crippen LogP contribution in [0.25, 0.3) is 0 Å². The molecule has 0 spiro atoms. The molecule has 0 bridgehead atoms. The molecule has 5 nitrogen and oxygen atoms in total. The molecule has 3 aromatic carbocycles. The van der Waals surface area contributed by atoms with Crippen LogP contribution in [0, 0.1) is 5.92 Å². The summed E-state index contributed by atoms with van der Waals surface area (Å²) in [6.45, 7) is 3.01. The molecule has 0 saturated carbocycles. The first-order chi connectivity index (χ1) is 15.7. The lowest BCUT2D eigenvalue weighted by molar-refractivity contribution is 0.177. The fraction of sp³-hybridized carbons (Fsp3) is 0.296. The average Bonchev–Trinajstić information content (AvgIpc) is 2.82. The van der Waals surface area contributed by atoms with E-state index in [1.807, 2.05) is 36.4 Å². The van der Waals surface area contributed by atoms with Gasteiger partial charge in [0, 0.05) is 24.0 Å². The summed E-state index contributed by atoms with van der Waals surface area (Å²) in [5, 5.41) is 5.89. The molecule has 1 aliphatic heterocycles. The van der Waals surface area contributed by atoms with Gasteiger partial charge in [0.15, 0.2) is 0 Å². The molecule has 2 amide bonds. The third kappa shape index (κ3) is 6.11. The molecule has 3 aromatic rings. The van der Waals surface area contributed by atoms with E-state index in [1.54, 1.807) is 13.2 Å². The molecule has 166 valence electrons. The Labute approximate surface area is 190 Å². The predicted octanol–water partition coefficient (Wildman–Crippen LogP) is 5.79. The highest BCUT2D eigenvalue weighted by molar-refractivity contribution is 6.00. The number of anilines is 2. The zero-order valence-electron chi connectivity index (χ0n) is 18.6. The molecule has 0 radical (unpaired) electrons. The average molecular weight is 430 g/mol. The minimum atomic E-state index is -0.257. The maximum Gasteiger partial charge on any atom is 0.323 e. The molecule has 0 unspecified atom stereocenters. The number of carbonyl (C=O) groups is 1. The Kier molecular flexibility index (Phi) is 7.41. The van der Waals surface area contributed by atoms with E-state index in [1.165, 1.54) is 18.4 Å². The van der Waals surface area contributed by atoms with Crippen molar-refractivity contribution in [1.82, 2.24) is 4.90 Å². The van der Waals surface area contributed by atoms with Crippen LogP contribution in [-0.2, 0) is 13.0 Å². The van der Waals surface area contributed by atoms with Gasteiger partial charge in [-0.25, -0.2) is 4.79 Å². The molecule has 1 saturated heterocycles. The number of methoxy groups -OCH3 is 1. The van der Waals surface area contributed by atoms with Crippen molar-refractivity contribution in [3.8, 4) is 5.75 Å². The molecule has 5 heteroatoms. The number of hydrogen-bond acceptors (Lipinski definition) is 3. The normalized spacial score (nSPS) is 14.7. The highest BCUT2D eigenvalue weighted by Gasteiger charge is 2.20. The topological polar surface area (TPSA) is 53.6 Å². The fourth-order valence-electron chi connectivity index (χ4n) is 4.30. The summed E-state index contributed by atoms with van der Waals surface area (Å²) in [6, 6.07) is 25.9. The van der Waals surface area contributed by atoms with Crippen LogP contribution in [0.15, 0.2) is 78.9 Å². The molecule has 1 aliphatic rings. The Hall–Kier alpha value is -3.31. The van der Waals surface area contributed by atoms with Gasteiger partial charge < -0.3 is 15.4 Å². The molecule has 32 heavy (non-hydrogen) atoms. The molecule has 1 fully saturated rings. The monoisotopic (exact) mass is 429 g/mol. The van der Waals surface area contributed by atoms with E-state index in [-0.39, 0.29) is 6.03 Å². The van der Waals surface area contributed by atoms with Crippen molar-refractivity contribution in [2.24, 2.45) is 5.92 Å². The van der Waals surface area contributed by atoms with Gasteiger partial charge in [-0.3, -0.25) is 4.90 Å². The van der Waals surface area contributed by atoms with E-state index in [2.05, 4.69) is 51.9 Å². The minimum absolute atomic E-state index is 0.257. The number of hydrogen-bond donors (Lipinski definition) is 2. The highest BCUT2D eigenvalue weighted by atomic mass is 16.5. The second kappa shape index (κ2) is 10.8. The number of nitrogens with one attached hydrogen (secondary N) is 2. The van der Waals surface area contributed by atoms with Crippen LogP contribution < -0.4 is 15.4 Å². The number of ether oxygens (including phenoxy) is 1. The Morgan fingerprint density at radius 2 is 1.69 bits per heavy atom. The number of para-hydroxylation sites is 1. The molecule has 0 aromatic heterocycles. The number of urea groups is 1. The van der Waals surface area contributed by atoms with Crippen LogP contribution in [0.4, 0.5) is 16.2 Å². The summed E-state index contributed by atoms with van der Waals surface area (Å²) in [5.41, 5.74) is 4.11. The summed E-state index contributed by atoms with van der Waals surface area (Å²) < 4.78 is 5.22. The molecule has 0 atom stereocenters. The van der Waals surface area contributed by atoms with Crippen molar-refractivity contribution in [2.75, 3.05) is 30.8 Å². The summed E-state index contributed by atoms with van der Waals surface area (Å²) >= 11 is 0. The van der Waals surface area contributed by atoms with Gasteiger partial charge in [-0.05, 0) is 67.6 Å². The predicted molar refractivity (Wildman–Crippen MR) is 130 cm³/mol. The van der Waals surface area contributed by atoms with Crippen LogP contribution in [0.5, 0.6) is 5.75 Å². The zero-order valence-corrected chi connectivity index (χ0v) is 18.6. The maximum absolute atomic E-state index is 12.6. The number of amides is 2. The number of likely N-dealkylation sites (tertiary alicyclic amines) is 1. The van der Waals surface area contributed by atoms with E-state index in [0.717, 1.165) is 43.2 Å². The van der Waals surface area contributed by atoms with Crippen LogP contribution in [0.2, 0.25) is 0 Å². The van der Waals surface area contributed by atoms with Gasteiger partial charge in [0.05, 0.1) is 7.11 Å². The Morgan fingerprint density at radius 3 is 2.47 bits per heavy atom. The second-order valence-electron chi connectivity index (χ2n) is 8.38. The van der Waals surface area contributed by atoms with E-state index in [4.69, 9.17) is 4.74 Å². The summed E-state index contributed by atoms with van der Waals surface area (Å²) in [5.74, 6) is 1.45. The number of benzene rings is 3. The van der Waals surface area contributed by atoms with Crippen molar-refractivity contribution in [3.05, 3.63) is 90.0 Å². The summed E-state index contributed by atoms with van der Waals surface area (Å²) in [7, 11) is 1.61. The molecule has 0 aliphatic carbocycles. The largest absolute Gasteiger partial charge is 0.497 e. The van der Waals surface area contributed by atoms with Crippen molar-refractivity contribution in [2.45, 2.75) is 25.8 Å². The molecule has 4 rings (SSSR count). The Bertz CT molecular complexity index is 1010. The van der Waals surface area contributed by atoms with Crippen molar-refractivity contribution >= 4 is 17.4 Å². The quantitative estimate of drug-likeness (QED) is 0.499. The van der Waals surface area contributed by atoms with Gasteiger partial charge in [0.25, 0.3) is 0 Å². The number of piperidine rings is 1. The maximum atomic E-state index is 12.6. The first kappa shape index (κ1) is 21.9. The standard InChI is InChI=1S/C27H31N3O2/c1-32-25-12-7-11-24(19-25)28-27(31)29-26-13-6-5-10-23(26)20-30-16-14-22(15-17-30)18-21-8-3-2-4-9-21/h2-13,19,22H,14-18,20H2,1H3,(H2,28,29,31).